The summed E-state index contributed by atoms with van der Waals surface area (Å²) in [5, 5.41) is 6.87. The number of H-pyrrole nitrogens is 1. The summed E-state index contributed by atoms with van der Waals surface area (Å²) in [6, 6.07) is 1.97. The number of hydrogen-bond donors (Lipinski definition) is 1. The van der Waals surface area contributed by atoms with Crippen LogP contribution >= 0.6 is 0 Å². The Kier molecular flexibility index (Phi) is 2.34. The number of aromatic amines is 1. The highest BCUT2D eigenvalue weighted by molar-refractivity contribution is 5.57. The summed E-state index contributed by atoms with van der Waals surface area (Å²) in [5.41, 5.74) is 2.12. The maximum absolute atomic E-state index is 4.08. The van der Waals surface area contributed by atoms with Crippen molar-refractivity contribution in [2.24, 2.45) is 0 Å². The normalized spacial score (nSPS) is 17.4. The fraction of sp³-hybridized carbons (Fsp3) is 0.500. The van der Waals surface area contributed by atoms with E-state index in [1.807, 2.05) is 6.07 Å². The molecule has 2 rings (SSSR count). The number of hydrogen-bond acceptors (Lipinski definition) is 2. The topological polar surface area (TPSA) is 31.9 Å². The number of likely N-dealkylation sites (tertiary alicyclic amines) is 1. The van der Waals surface area contributed by atoms with Crippen molar-refractivity contribution in [3.8, 4) is 0 Å². The zero-order valence-corrected chi connectivity index (χ0v) is 7.79. The van der Waals surface area contributed by atoms with Crippen molar-refractivity contribution in [1.82, 2.24) is 15.1 Å². The van der Waals surface area contributed by atoms with E-state index in [-0.39, 0.29) is 0 Å². The largest absolute Gasteiger partial charge is 0.370 e. The molecule has 0 saturated carbocycles. The predicted octanol–water partition coefficient (Wildman–Crippen LogP) is 1.87. The van der Waals surface area contributed by atoms with Crippen LogP contribution in [0, 0.1) is 0 Å². The minimum atomic E-state index is 1.04. The van der Waals surface area contributed by atoms with E-state index in [9.17, 15) is 0 Å². The van der Waals surface area contributed by atoms with Gasteiger partial charge in [-0.25, -0.2) is 0 Å². The van der Waals surface area contributed by atoms with E-state index in [4.69, 9.17) is 0 Å². The zero-order valence-electron chi connectivity index (χ0n) is 7.79. The van der Waals surface area contributed by atoms with E-state index < -0.39 is 0 Å². The Hall–Kier alpha value is -1.25. The molecule has 3 heteroatoms. The summed E-state index contributed by atoms with van der Waals surface area (Å²) in [6.45, 7) is 6.35. The van der Waals surface area contributed by atoms with Gasteiger partial charge >= 0.3 is 0 Å². The maximum atomic E-state index is 4.08. The Labute approximate surface area is 78.4 Å². The van der Waals surface area contributed by atoms with Gasteiger partial charge in [-0.1, -0.05) is 6.58 Å². The predicted molar refractivity (Wildman–Crippen MR) is 53.0 cm³/mol. The van der Waals surface area contributed by atoms with Crippen molar-refractivity contribution in [3.63, 3.8) is 0 Å². The van der Waals surface area contributed by atoms with Crippen molar-refractivity contribution in [2.75, 3.05) is 13.1 Å². The lowest BCUT2D eigenvalue weighted by molar-refractivity contribution is 0.325. The SMILES string of the molecule is C=C(c1ccn[nH]1)N1CCCCC1. The second kappa shape index (κ2) is 3.64. The summed E-state index contributed by atoms with van der Waals surface area (Å²) in [5.74, 6) is 0. The van der Waals surface area contributed by atoms with Gasteiger partial charge in [0.1, 0.15) is 0 Å². The molecule has 0 bridgehead atoms. The Morgan fingerprint density at radius 2 is 2.15 bits per heavy atom. The first-order valence-electron chi connectivity index (χ1n) is 4.81. The minimum absolute atomic E-state index is 1.04. The highest BCUT2D eigenvalue weighted by atomic mass is 15.2. The number of nitrogens with zero attached hydrogens (tertiary/aromatic N) is 2. The van der Waals surface area contributed by atoms with Crippen LogP contribution < -0.4 is 0 Å². The molecule has 1 N–H and O–H groups in total. The van der Waals surface area contributed by atoms with Gasteiger partial charge in [0, 0.05) is 19.3 Å². The fourth-order valence-electron chi connectivity index (χ4n) is 1.75. The molecule has 0 radical (unpaired) electrons. The maximum Gasteiger partial charge on any atom is 0.0805 e. The lowest BCUT2D eigenvalue weighted by Gasteiger charge is -2.29. The van der Waals surface area contributed by atoms with Crippen LogP contribution in [0.2, 0.25) is 0 Å². The van der Waals surface area contributed by atoms with Crippen LogP contribution in [0.15, 0.2) is 18.8 Å². The van der Waals surface area contributed by atoms with Crippen LogP contribution in [0.1, 0.15) is 25.0 Å². The van der Waals surface area contributed by atoms with Gasteiger partial charge in [-0.05, 0) is 25.3 Å². The first kappa shape index (κ1) is 8.35. The second-order valence-corrected chi connectivity index (χ2v) is 3.46. The Bertz CT molecular complexity index is 270. The molecule has 1 fully saturated rings. The molecule has 1 aromatic heterocycles. The Balaban J connectivity index is 2.04. The molecule has 70 valence electrons. The quantitative estimate of drug-likeness (QED) is 0.747. The second-order valence-electron chi connectivity index (χ2n) is 3.46. The third kappa shape index (κ3) is 1.74. The zero-order chi connectivity index (χ0) is 9.10. The van der Waals surface area contributed by atoms with E-state index in [1.165, 1.54) is 19.3 Å². The number of rotatable bonds is 2. The number of nitrogens with one attached hydrogen (secondary N) is 1. The lowest BCUT2D eigenvalue weighted by Crippen LogP contribution is -2.27. The van der Waals surface area contributed by atoms with Crippen LogP contribution in [0.3, 0.4) is 0 Å². The van der Waals surface area contributed by atoms with Gasteiger partial charge in [-0.15, -0.1) is 0 Å². The molecule has 0 amide bonds. The highest BCUT2D eigenvalue weighted by Gasteiger charge is 2.13. The minimum Gasteiger partial charge on any atom is -0.370 e. The van der Waals surface area contributed by atoms with Crippen molar-refractivity contribution in [2.45, 2.75) is 19.3 Å². The highest BCUT2D eigenvalue weighted by Crippen LogP contribution is 2.19. The van der Waals surface area contributed by atoms with Crippen molar-refractivity contribution >= 4 is 5.70 Å². The third-order valence-corrected chi connectivity index (χ3v) is 2.55. The molecule has 13 heavy (non-hydrogen) atoms. The monoisotopic (exact) mass is 177 g/mol. The van der Waals surface area contributed by atoms with Gasteiger partial charge in [0.05, 0.1) is 11.4 Å². The van der Waals surface area contributed by atoms with Crippen LogP contribution in [0.25, 0.3) is 5.70 Å². The smallest absolute Gasteiger partial charge is 0.0805 e. The molecular formula is C10H15N3. The standard InChI is InChI=1S/C10H15N3/c1-9(10-5-6-11-12-10)13-7-3-2-4-8-13/h5-6H,1-4,7-8H2,(H,11,12). The molecule has 0 aromatic carbocycles. The molecule has 1 aromatic rings. The van der Waals surface area contributed by atoms with Crippen LogP contribution in [-0.2, 0) is 0 Å². The van der Waals surface area contributed by atoms with Crippen molar-refractivity contribution in [3.05, 3.63) is 24.5 Å². The van der Waals surface area contributed by atoms with Crippen LogP contribution in [-0.4, -0.2) is 28.2 Å². The van der Waals surface area contributed by atoms with Crippen LogP contribution in [0.5, 0.6) is 0 Å². The molecule has 0 spiro atoms. The molecular weight excluding hydrogens is 162 g/mol. The third-order valence-electron chi connectivity index (χ3n) is 2.55. The molecule has 2 heterocycles. The summed E-state index contributed by atoms with van der Waals surface area (Å²) in [6.07, 6.45) is 5.69. The Morgan fingerprint density at radius 1 is 1.38 bits per heavy atom. The van der Waals surface area contributed by atoms with Crippen LogP contribution in [0.4, 0.5) is 0 Å². The summed E-state index contributed by atoms with van der Waals surface area (Å²) >= 11 is 0. The van der Waals surface area contributed by atoms with Crippen molar-refractivity contribution in [1.29, 1.82) is 0 Å². The van der Waals surface area contributed by atoms with Gasteiger partial charge in [0.15, 0.2) is 0 Å². The summed E-state index contributed by atoms with van der Waals surface area (Å²) < 4.78 is 0. The Morgan fingerprint density at radius 3 is 2.77 bits per heavy atom. The molecule has 0 aliphatic carbocycles. The molecule has 1 aliphatic heterocycles. The number of aromatic nitrogens is 2. The lowest BCUT2D eigenvalue weighted by atomic mass is 10.1. The van der Waals surface area contributed by atoms with Crippen molar-refractivity contribution < 1.29 is 0 Å². The van der Waals surface area contributed by atoms with E-state index in [0.29, 0.717) is 0 Å². The van der Waals surface area contributed by atoms with E-state index in [2.05, 4.69) is 21.7 Å². The van der Waals surface area contributed by atoms with E-state index >= 15 is 0 Å². The van der Waals surface area contributed by atoms with E-state index in [1.54, 1.807) is 6.20 Å². The summed E-state index contributed by atoms with van der Waals surface area (Å²) in [4.78, 5) is 2.33. The molecule has 1 aliphatic rings. The van der Waals surface area contributed by atoms with Gasteiger partial charge in [0.25, 0.3) is 0 Å². The molecule has 1 saturated heterocycles. The average molecular weight is 177 g/mol. The first-order chi connectivity index (χ1) is 6.38. The van der Waals surface area contributed by atoms with Gasteiger partial charge in [-0.3, -0.25) is 5.10 Å². The fourth-order valence-corrected chi connectivity index (χ4v) is 1.75. The first-order valence-corrected chi connectivity index (χ1v) is 4.81. The molecule has 3 nitrogen and oxygen atoms in total. The van der Waals surface area contributed by atoms with Gasteiger partial charge in [-0.2, -0.15) is 5.10 Å². The molecule has 0 unspecified atom stereocenters. The average Bonchev–Trinajstić information content (AvgIpc) is 2.71. The van der Waals surface area contributed by atoms with Gasteiger partial charge < -0.3 is 4.90 Å². The number of piperidine rings is 1. The molecule has 0 atom stereocenters. The summed E-state index contributed by atoms with van der Waals surface area (Å²) in [7, 11) is 0. The van der Waals surface area contributed by atoms with Gasteiger partial charge in [0.2, 0.25) is 0 Å². The van der Waals surface area contributed by atoms with E-state index in [0.717, 1.165) is 24.5 Å².